The number of aliphatic hydroxyl groups is 2. The second-order valence-corrected chi connectivity index (χ2v) is 4.44. The molecule has 1 fully saturated rings. The summed E-state index contributed by atoms with van der Waals surface area (Å²) in [4.78, 5) is 0. The van der Waals surface area contributed by atoms with Gasteiger partial charge in [-0.1, -0.05) is 13.8 Å². The molecule has 0 aromatic heterocycles. The third-order valence-electron chi connectivity index (χ3n) is 3.34. The average molecular weight is 239 g/mol. The molecule has 1 rings (SSSR count). The van der Waals surface area contributed by atoms with Crippen LogP contribution >= 0.6 is 0 Å². The summed E-state index contributed by atoms with van der Waals surface area (Å²) in [6.07, 6.45) is -5.63. The van der Waals surface area contributed by atoms with Gasteiger partial charge in [-0.2, -0.15) is 0 Å². The first-order valence-corrected chi connectivity index (χ1v) is 5.38. The number of alkyl halides is 2. The van der Waals surface area contributed by atoms with E-state index >= 15 is 0 Å². The lowest BCUT2D eigenvalue weighted by Crippen LogP contribution is -2.57. The molecule has 0 saturated carbocycles. The third-order valence-corrected chi connectivity index (χ3v) is 3.34. The van der Waals surface area contributed by atoms with Gasteiger partial charge in [0.15, 0.2) is 6.17 Å². The van der Waals surface area contributed by atoms with Gasteiger partial charge in [0, 0.05) is 17.9 Å². The Labute approximate surface area is 93.4 Å². The Morgan fingerprint density at radius 3 is 2.50 bits per heavy atom. The van der Waals surface area contributed by atoms with E-state index in [1.54, 1.807) is 13.8 Å². The molecular weight excluding hydrogens is 220 g/mol. The Kier molecular flexibility index (Phi) is 4.61. The Morgan fingerprint density at radius 1 is 1.44 bits per heavy atom. The quantitative estimate of drug-likeness (QED) is 0.646. The molecule has 96 valence electrons. The fraction of sp³-hybridized carbons (Fsp3) is 1.00. The highest BCUT2D eigenvalue weighted by molar-refractivity contribution is 4.92. The van der Waals surface area contributed by atoms with Crippen LogP contribution in [0.3, 0.4) is 0 Å². The van der Waals surface area contributed by atoms with Gasteiger partial charge < -0.3 is 20.7 Å². The highest BCUT2D eigenvalue weighted by Gasteiger charge is 2.45. The summed E-state index contributed by atoms with van der Waals surface area (Å²) in [6, 6.07) is -0.956. The van der Waals surface area contributed by atoms with Crippen molar-refractivity contribution in [2.45, 2.75) is 44.6 Å². The molecule has 16 heavy (non-hydrogen) atoms. The molecule has 4 nitrogen and oxygen atoms in total. The van der Waals surface area contributed by atoms with Crippen molar-refractivity contribution < 1.29 is 23.7 Å². The van der Waals surface area contributed by atoms with E-state index in [2.05, 4.69) is 0 Å². The van der Waals surface area contributed by atoms with Crippen molar-refractivity contribution in [2.75, 3.05) is 6.61 Å². The van der Waals surface area contributed by atoms with Crippen LogP contribution in [-0.2, 0) is 4.74 Å². The van der Waals surface area contributed by atoms with Gasteiger partial charge in [-0.25, -0.2) is 8.78 Å². The third kappa shape index (κ3) is 2.51. The first-order chi connectivity index (χ1) is 7.40. The van der Waals surface area contributed by atoms with Crippen LogP contribution in [0.4, 0.5) is 8.78 Å². The molecule has 4 N–H and O–H groups in total. The van der Waals surface area contributed by atoms with Gasteiger partial charge in [0.05, 0.1) is 18.8 Å². The molecule has 7 atom stereocenters. The second-order valence-electron chi connectivity index (χ2n) is 4.44. The van der Waals surface area contributed by atoms with Crippen LogP contribution in [0.15, 0.2) is 0 Å². The molecule has 6 heteroatoms. The summed E-state index contributed by atoms with van der Waals surface area (Å²) in [5, 5.41) is 18.2. The van der Waals surface area contributed by atoms with Gasteiger partial charge in [0.2, 0.25) is 6.36 Å². The molecule has 0 spiro atoms. The van der Waals surface area contributed by atoms with Gasteiger partial charge in [-0.3, -0.25) is 0 Å². The number of hydrogen-bond acceptors (Lipinski definition) is 4. The first-order valence-electron chi connectivity index (χ1n) is 5.38. The van der Waals surface area contributed by atoms with Gasteiger partial charge in [0.1, 0.15) is 0 Å². The molecular formula is C10H19F2NO3. The van der Waals surface area contributed by atoms with E-state index in [1.807, 2.05) is 0 Å². The summed E-state index contributed by atoms with van der Waals surface area (Å²) in [7, 11) is 0. The molecule has 0 aromatic carbocycles. The van der Waals surface area contributed by atoms with Crippen molar-refractivity contribution in [3.8, 4) is 0 Å². The summed E-state index contributed by atoms with van der Waals surface area (Å²) >= 11 is 0. The lowest BCUT2D eigenvalue weighted by molar-refractivity contribution is -0.207. The predicted molar refractivity (Wildman–Crippen MR) is 54.1 cm³/mol. The Bertz CT molecular complexity index is 228. The normalized spacial score (nSPS) is 44.1. The predicted octanol–water partition coefficient (Wildman–Crippen LogP) is -0.0284. The van der Waals surface area contributed by atoms with Crippen LogP contribution in [-0.4, -0.2) is 47.6 Å². The zero-order valence-corrected chi connectivity index (χ0v) is 9.38. The fourth-order valence-electron chi connectivity index (χ4n) is 2.02. The fourth-order valence-corrected chi connectivity index (χ4v) is 2.02. The number of aliphatic hydroxyl groups excluding tert-OH is 2. The minimum Gasteiger partial charge on any atom is -0.394 e. The molecule has 0 radical (unpaired) electrons. The molecule has 1 aliphatic rings. The summed E-state index contributed by atoms with van der Waals surface area (Å²) in [5.74, 6) is -0.921. The van der Waals surface area contributed by atoms with E-state index in [1.165, 1.54) is 0 Å². The minimum absolute atomic E-state index is 0.418. The average Bonchev–Trinajstić information content (AvgIpc) is 2.29. The standard InChI is InChI=1S/C10H19F2NO3/c1-4(6(15)3-14)9-5(2)8(13)7(11)10(12)16-9/h4-10,14-15H,3,13H2,1-2H3/t4-,5?,6-,7?,8?,9?,10?/m1/s1. The van der Waals surface area contributed by atoms with E-state index in [9.17, 15) is 13.9 Å². The zero-order valence-electron chi connectivity index (χ0n) is 9.38. The monoisotopic (exact) mass is 239 g/mol. The molecule has 1 aliphatic heterocycles. The maximum Gasteiger partial charge on any atom is 0.232 e. The Hall–Kier alpha value is -0.300. The van der Waals surface area contributed by atoms with Gasteiger partial charge in [0.25, 0.3) is 0 Å². The summed E-state index contributed by atoms with van der Waals surface area (Å²) in [5.41, 5.74) is 5.54. The van der Waals surface area contributed by atoms with E-state index in [0.29, 0.717) is 0 Å². The lowest BCUT2D eigenvalue weighted by atomic mass is 9.82. The van der Waals surface area contributed by atoms with Crippen LogP contribution in [0.2, 0.25) is 0 Å². The zero-order chi connectivity index (χ0) is 12.5. The largest absolute Gasteiger partial charge is 0.394 e. The molecule has 0 amide bonds. The van der Waals surface area contributed by atoms with E-state index in [4.69, 9.17) is 15.6 Å². The smallest absolute Gasteiger partial charge is 0.232 e. The summed E-state index contributed by atoms with van der Waals surface area (Å²) in [6.45, 7) is 2.81. The molecule has 0 aliphatic carbocycles. The highest BCUT2D eigenvalue weighted by Crippen LogP contribution is 2.32. The molecule has 0 bridgehead atoms. The number of halogens is 2. The van der Waals surface area contributed by atoms with E-state index in [0.717, 1.165) is 0 Å². The summed E-state index contributed by atoms with van der Waals surface area (Å²) < 4.78 is 31.2. The maximum atomic E-state index is 13.2. The van der Waals surface area contributed by atoms with Crippen LogP contribution in [0.5, 0.6) is 0 Å². The first kappa shape index (κ1) is 13.8. The molecule has 0 aromatic rings. The van der Waals surface area contributed by atoms with Gasteiger partial charge in [-0.05, 0) is 0 Å². The molecule has 1 saturated heterocycles. The van der Waals surface area contributed by atoms with Crippen molar-refractivity contribution in [3.63, 3.8) is 0 Å². The van der Waals surface area contributed by atoms with Crippen molar-refractivity contribution >= 4 is 0 Å². The SMILES string of the molecule is CC1C(N)C(F)C(F)OC1[C@H](C)[C@H](O)CO. The van der Waals surface area contributed by atoms with Crippen molar-refractivity contribution in [1.29, 1.82) is 0 Å². The van der Waals surface area contributed by atoms with Crippen LogP contribution in [0.25, 0.3) is 0 Å². The van der Waals surface area contributed by atoms with Gasteiger partial charge in [-0.15, -0.1) is 0 Å². The number of rotatable bonds is 3. The molecule has 1 heterocycles. The van der Waals surface area contributed by atoms with Crippen molar-refractivity contribution in [2.24, 2.45) is 17.6 Å². The van der Waals surface area contributed by atoms with Crippen LogP contribution < -0.4 is 5.73 Å². The Morgan fingerprint density at radius 2 is 2.00 bits per heavy atom. The highest BCUT2D eigenvalue weighted by atomic mass is 19.2. The van der Waals surface area contributed by atoms with E-state index in [-0.39, 0.29) is 0 Å². The minimum atomic E-state index is -2.07. The molecule has 5 unspecified atom stereocenters. The van der Waals surface area contributed by atoms with Crippen molar-refractivity contribution in [1.82, 2.24) is 0 Å². The number of hydrogen-bond donors (Lipinski definition) is 3. The topological polar surface area (TPSA) is 75.7 Å². The van der Waals surface area contributed by atoms with Crippen LogP contribution in [0.1, 0.15) is 13.8 Å². The lowest BCUT2D eigenvalue weighted by Gasteiger charge is -2.41. The second kappa shape index (κ2) is 5.35. The maximum absolute atomic E-state index is 13.2. The number of nitrogens with two attached hydrogens (primary N) is 1. The van der Waals surface area contributed by atoms with Crippen LogP contribution in [0, 0.1) is 11.8 Å². The van der Waals surface area contributed by atoms with Gasteiger partial charge >= 0.3 is 0 Å². The number of ether oxygens (including phenoxy) is 1. The van der Waals surface area contributed by atoms with Crippen molar-refractivity contribution in [3.05, 3.63) is 0 Å². The van der Waals surface area contributed by atoms with E-state index < -0.39 is 49.2 Å². The Balaban J connectivity index is 2.73.